The van der Waals surface area contributed by atoms with E-state index in [0.29, 0.717) is 4.88 Å². The van der Waals surface area contributed by atoms with Gasteiger partial charge >= 0.3 is 11.5 Å². The fourth-order valence-electron chi connectivity index (χ4n) is 1.27. The summed E-state index contributed by atoms with van der Waals surface area (Å²) in [5.74, 6) is -2.77. The Bertz CT molecular complexity index is 434. The van der Waals surface area contributed by atoms with Crippen molar-refractivity contribution in [3.63, 3.8) is 0 Å². The van der Waals surface area contributed by atoms with Crippen molar-refractivity contribution in [3.8, 4) is 0 Å². The van der Waals surface area contributed by atoms with Crippen molar-refractivity contribution in [2.45, 2.75) is 18.0 Å². The van der Waals surface area contributed by atoms with Crippen LogP contribution < -0.4 is 5.32 Å². The van der Waals surface area contributed by atoms with Gasteiger partial charge in [0.1, 0.15) is 0 Å². The molecule has 1 heterocycles. The van der Waals surface area contributed by atoms with Crippen LogP contribution in [-0.2, 0) is 9.59 Å². The molecule has 19 heavy (non-hydrogen) atoms. The van der Waals surface area contributed by atoms with Gasteiger partial charge in [-0.3, -0.25) is 9.59 Å². The van der Waals surface area contributed by atoms with Crippen molar-refractivity contribution in [2.75, 3.05) is 5.75 Å². The molecule has 0 radical (unpaired) electrons. The number of halogens is 3. The number of carboxylic acids is 1. The number of amides is 1. The summed E-state index contributed by atoms with van der Waals surface area (Å²) in [6.07, 6.45) is -0.372. The van der Waals surface area contributed by atoms with E-state index in [4.69, 9.17) is 5.11 Å². The molecule has 9 heteroatoms. The van der Waals surface area contributed by atoms with Gasteiger partial charge in [-0.25, -0.2) is 0 Å². The minimum absolute atomic E-state index is 0.372. The van der Waals surface area contributed by atoms with E-state index < -0.39 is 40.9 Å². The van der Waals surface area contributed by atoms with E-state index in [0.717, 1.165) is 0 Å². The molecule has 0 aliphatic carbocycles. The maximum Gasteiger partial charge on any atom is 0.442 e. The van der Waals surface area contributed by atoms with E-state index in [2.05, 4.69) is 5.32 Å². The average Bonchev–Trinajstić information content (AvgIpc) is 2.77. The number of alkyl halides is 3. The van der Waals surface area contributed by atoms with Crippen LogP contribution in [0.2, 0.25) is 0 Å². The number of carboxylic acid groups (broad SMARTS) is 1. The van der Waals surface area contributed by atoms with Crippen LogP contribution in [-0.4, -0.2) is 28.2 Å². The zero-order chi connectivity index (χ0) is 14.5. The molecule has 1 atom stereocenters. The number of carbonyl (C=O) groups is 2. The molecule has 1 amide bonds. The Hall–Kier alpha value is -1.22. The van der Waals surface area contributed by atoms with Crippen LogP contribution in [0.5, 0.6) is 0 Å². The van der Waals surface area contributed by atoms with E-state index in [-0.39, 0.29) is 6.42 Å². The number of hydrogen-bond donors (Lipinski definition) is 2. The van der Waals surface area contributed by atoms with Gasteiger partial charge in [-0.2, -0.15) is 13.2 Å². The molecule has 0 saturated heterocycles. The van der Waals surface area contributed by atoms with Crippen LogP contribution in [0.4, 0.5) is 13.2 Å². The Balaban J connectivity index is 2.58. The lowest BCUT2D eigenvalue weighted by Crippen LogP contribution is -2.31. The molecule has 4 nitrogen and oxygen atoms in total. The quantitative estimate of drug-likeness (QED) is 0.847. The predicted octanol–water partition coefficient (Wildman–Crippen LogP) is 2.63. The van der Waals surface area contributed by atoms with Gasteiger partial charge in [0.05, 0.1) is 18.2 Å². The molecule has 2 N–H and O–H groups in total. The highest BCUT2D eigenvalue weighted by Gasteiger charge is 2.30. The van der Waals surface area contributed by atoms with Gasteiger partial charge < -0.3 is 10.4 Å². The van der Waals surface area contributed by atoms with E-state index in [1.54, 1.807) is 17.5 Å². The third-order valence-electron chi connectivity index (χ3n) is 1.97. The number of nitrogens with one attached hydrogen (secondary N) is 1. The Kier molecular flexibility index (Phi) is 5.67. The summed E-state index contributed by atoms with van der Waals surface area (Å²) in [4.78, 5) is 22.6. The maximum absolute atomic E-state index is 11.9. The second-order valence-corrected chi connectivity index (χ2v) is 5.49. The third kappa shape index (κ3) is 6.48. The van der Waals surface area contributed by atoms with Crippen LogP contribution in [0.3, 0.4) is 0 Å². The average molecular weight is 313 g/mol. The first-order valence-corrected chi connectivity index (χ1v) is 6.89. The number of thiophene rings is 1. The summed E-state index contributed by atoms with van der Waals surface area (Å²) in [6, 6.07) is 2.49. The standard InChI is InChI=1S/C10H10F3NO3S2/c11-10(12,13)19-5-8(15)14-6(4-9(16)17)7-2-1-3-18-7/h1-3,6H,4-5H2,(H,14,15)(H,16,17). The fraction of sp³-hybridized carbons (Fsp3) is 0.400. The normalized spacial score (nSPS) is 13.0. The Labute approximate surface area is 115 Å². The second-order valence-electron chi connectivity index (χ2n) is 3.47. The molecule has 1 unspecified atom stereocenters. The highest BCUT2D eigenvalue weighted by atomic mass is 32.2. The summed E-state index contributed by atoms with van der Waals surface area (Å²) in [5.41, 5.74) is -4.48. The zero-order valence-corrected chi connectivity index (χ0v) is 11.1. The molecule has 0 spiro atoms. The van der Waals surface area contributed by atoms with Crippen molar-refractivity contribution < 1.29 is 27.9 Å². The van der Waals surface area contributed by atoms with Crippen LogP contribution in [0.15, 0.2) is 17.5 Å². The lowest BCUT2D eigenvalue weighted by atomic mass is 10.1. The van der Waals surface area contributed by atoms with Crippen LogP contribution in [0.25, 0.3) is 0 Å². The predicted molar refractivity (Wildman–Crippen MR) is 66.0 cm³/mol. The van der Waals surface area contributed by atoms with E-state index in [1.807, 2.05) is 0 Å². The SMILES string of the molecule is O=C(O)CC(NC(=O)CSC(F)(F)F)c1cccs1. The second kappa shape index (κ2) is 6.80. The van der Waals surface area contributed by atoms with Gasteiger partial charge in [0.25, 0.3) is 0 Å². The first kappa shape index (κ1) is 15.8. The Morgan fingerprint density at radius 2 is 2.16 bits per heavy atom. The molecule has 1 aromatic rings. The summed E-state index contributed by atoms with van der Waals surface area (Å²) in [5, 5.41) is 12.7. The summed E-state index contributed by atoms with van der Waals surface area (Å²) >= 11 is 0.775. The number of rotatable bonds is 6. The molecular weight excluding hydrogens is 303 g/mol. The topological polar surface area (TPSA) is 66.4 Å². The molecular formula is C10H10F3NO3S2. The highest BCUT2D eigenvalue weighted by molar-refractivity contribution is 8.00. The zero-order valence-electron chi connectivity index (χ0n) is 9.44. The van der Waals surface area contributed by atoms with Gasteiger partial charge in [0.2, 0.25) is 5.91 Å². The van der Waals surface area contributed by atoms with Crippen molar-refractivity contribution in [3.05, 3.63) is 22.4 Å². The third-order valence-corrected chi connectivity index (χ3v) is 3.69. The molecule has 0 bridgehead atoms. The minimum Gasteiger partial charge on any atom is -0.481 e. The van der Waals surface area contributed by atoms with Crippen molar-refractivity contribution >= 4 is 35.0 Å². The van der Waals surface area contributed by atoms with Gasteiger partial charge in [-0.15, -0.1) is 11.3 Å². The number of hydrogen-bond acceptors (Lipinski definition) is 4. The van der Waals surface area contributed by atoms with Crippen LogP contribution in [0.1, 0.15) is 17.3 Å². The molecule has 1 aromatic heterocycles. The summed E-state index contributed by atoms with van der Waals surface area (Å²) in [6.45, 7) is 0. The number of carbonyl (C=O) groups excluding carboxylic acids is 1. The molecule has 106 valence electrons. The molecule has 0 aliphatic heterocycles. The van der Waals surface area contributed by atoms with Gasteiger partial charge in [0, 0.05) is 4.88 Å². The largest absolute Gasteiger partial charge is 0.481 e. The Morgan fingerprint density at radius 1 is 1.47 bits per heavy atom. The first-order chi connectivity index (χ1) is 8.78. The van der Waals surface area contributed by atoms with Crippen LogP contribution >= 0.6 is 23.1 Å². The molecule has 0 aromatic carbocycles. The highest BCUT2D eigenvalue weighted by Crippen LogP contribution is 2.30. The van der Waals surface area contributed by atoms with Gasteiger partial charge in [-0.1, -0.05) is 6.07 Å². The number of thioether (sulfide) groups is 1. The number of aliphatic carboxylic acids is 1. The van der Waals surface area contributed by atoms with Gasteiger partial charge in [0.15, 0.2) is 0 Å². The van der Waals surface area contributed by atoms with Crippen molar-refractivity contribution in [1.29, 1.82) is 0 Å². The lowest BCUT2D eigenvalue weighted by molar-refractivity contribution is -0.137. The lowest BCUT2D eigenvalue weighted by Gasteiger charge is -2.15. The summed E-state index contributed by atoms with van der Waals surface area (Å²) in [7, 11) is 0. The first-order valence-electron chi connectivity index (χ1n) is 5.03. The van der Waals surface area contributed by atoms with E-state index in [1.165, 1.54) is 11.3 Å². The maximum atomic E-state index is 11.9. The molecule has 1 rings (SSSR count). The minimum atomic E-state index is -4.48. The monoisotopic (exact) mass is 313 g/mol. The summed E-state index contributed by atoms with van der Waals surface area (Å²) < 4.78 is 35.8. The molecule has 0 fully saturated rings. The van der Waals surface area contributed by atoms with Crippen LogP contribution in [0, 0.1) is 0 Å². The smallest absolute Gasteiger partial charge is 0.442 e. The Morgan fingerprint density at radius 3 is 2.63 bits per heavy atom. The molecule has 0 aliphatic rings. The van der Waals surface area contributed by atoms with Crippen molar-refractivity contribution in [1.82, 2.24) is 5.32 Å². The fourth-order valence-corrected chi connectivity index (χ4v) is 2.43. The van der Waals surface area contributed by atoms with Gasteiger partial charge in [-0.05, 0) is 23.2 Å². The molecule has 0 saturated carbocycles. The van der Waals surface area contributed by atoms with E-state index in [9.17, 15) is 22.8 Å². The van der Waals surface area contributed by atoms with E-state index >= 15 is 0 Å². The van der Waals surface area contributed by atoms with Crippen molar-refractivity contribution in [2.24, 2.45) is 0 Å².